The van der Waals surface area contributed by atoms with Crippen LogP contribution in [-0.2, 0) is 9.59 Å². The summed E-state index contributed by atoms with van der Waals surface area (Å²) in [5.74, 6) is -1.34. The molecule has 0 unspecified atom stereocenters. The van der Waals surface area contributed by atoms with Crippen molar-refractivity contribution >= 4 is 11.6 Å². The number of unbranched alkanes of at least 4 members (excludes halogenated alkanes) is 12. The van der Waals surface area contributed by atoms with Crippen LogP contribution in [0.1, 0.15) is 110 Å². The van der Waals surface area contributed by atoms with Crippen LogP contribution >= 0.6 is 0 Å². The van der Waals surface area contributed by atoms with E-state index in [-0.39, 0.29) is 35.7 Å². The first-order chi connectivity index (χ1) is 13.1. The predicted octanol–water partition coefficient (Wildman–Crippen LogP) is 6.35. The molecule has 1 fully saturated rings. The zero-order valence-electron chi connectivity index (χ0n) is 17.1. The van der Waals surface area contributed by atoms with Crippen molar-refractivity contribution in [2.24, 2.45) is 5.92 Å². The maximum Gasteiger partial charge on any atom is 0.171 e. The molecule has 1 aliphatic rings. The second kappa shape index (κ2) is 14.4. The SMILES string of the molecule is CCCCCCCCCCCCCCCC(O)=C1C(=O)CC(C#N)CC1=O. The van der Waals surface area contributed by atoms with E-state index in [0.29, 0.717) is 6.42 Å². The minimum atomic E-state index is -0.530. The fourth-order valence-corrected chi connectivity index (χ4v) is 3.73. The lowest BCUT2D eigenvalue weighted by molar-refractivity contribution is -0.125. The predicted molar refractivity (Wildman–Crippen MR) is 108 cm³/mol. The van der Waals surface area contributed by atoms with E-state index in [2.05, 4.69) is 6.92 Å². The number of hydrogen-bond donors (Lipinski definition) is 1. The first-order valence-corrected chi connectivity index (χ1v) is 11.0. The molecule has 27 heavy (non-hydrogen) atoms. The molecule has 1 aliphatic carbocycles. The highest BCUT2D eigenvalue weighted by atomic mass is 16.3. The van der Waals surface area contributed by atoms with E-state index in [4.69, 9.17) is 5.26 Å². The molecular weight excluding hydrogens is 338 g/mol. The number of nitriles is 1. The van der Waals surface area contributed by atoms with Crippen LogP contribution in [0.2, 0.25) is 0 Å². The highest BCUT2D eigenvalue weighted by Crippen LogP contribution is 2.25. The van der Waals surface area contributed by atoms with Gasteiger partial charge in [0.05, 0.1) is 17.6 Å². The van der Waals surface area contributed by atoms with E-state index >= 15 is 0 Å². The normalized spacial score (nSPS) is 17.2. The van der Waals surface area contributed by atoms with Crippen LogP contribution in [0.15, 0.2) is 11.3 Å². The van der Waals surface area contributed by atoms with Crippen LogP contribution in [-0.4, -0.2) is 16.7 Å². The molecule has 0 aromatic carbocycles. The molecule has 1 N–H and O–H groups in total. The van der Waals surface area contributed by atoms with Gasteiger partial charge < -0.3 is 5.11 Å². The number of rotatable bonds is 14. The van der Waals surface area contributed by atoms with Gasteiger partial charge in [-0.25, -0.2) is 0 Å². The lowest BCUT2D eigenvalue weighted by Crippen LogP contribution is -2.26. The summed E-state index contributed by atoms with van der Waals surface area (Å²) in [5.41, 5.74) is -0.0413. The Labute approximate surface area is 165 Å². The van der Waals surface area contributed by atoms with Gasteiger partial charge in [0.2, 0.25) is 0 Å². The molecule has 0 atom stereocenters. The average molecular weight is 376 g/mol. The number of aliphatic hydroxyl groups is 1. The molecular formula is C23H37NO3. The summed E-state index contributed by atoms with van der Waals surface area (Å²) in [6.07, 6.45) is 16.8. The Morgan fingerprint density at radius 2 is 1.26 bits per heavy atom. The summed E-state index contributed by atoms with van der Waals surface area (Å²) in [6, 6.07) is 1.97. The molecule has 4 nitrogen and oxygen atoms in total. The zero-order valence-corrected chi connectivity index (χ0v) is 17.1. The molecule has 0 amide bonds. The Balaban J connectivity index is 2.05. The van der Waals surface area contributed by atoms with Crippen molar-refractivity contribution in [3.8, 4) is 6.07 Å². The molecule has 152 valence electrons. The van der Waals surface area contributed by atoms with Gasteiger partial charge in [0.25, 0.3) is 0 Å². The van der Waals surface area contributed by atoms with E-state index in [1.165, 1.54) is 64.2 Å². The molecule has 0 aromatic rings. The molecule has 0 aliphatic heterocycles. The number of hydrogen-bond acceptors (Lipinski definition) is 4. The largest absolute Gasteiger partial charge is 0.511 e. The number of carbonyl (C=O) groups is 2. The molecule has 0 radical (unpaired) electrons. The molecule has 0 aromatic heterocycles. The Morgan fingerprint density at radius 3 is 1.67 bits per heavy atom. The van der Waals surface area contributed by atoms with Crippen molar-refractivity contribution in [1.29, 1.82) is 5.26 Å². The van der Waals surface area contributed by atoms with Crippen molar-refractivity contribution in [3.05, 3.63) is 11.3 Å². The lowest BCUT2D eigenvalue weighted by atomic mass is 9.83. The van der Waals surface area contributed by atoms with Crippen molar-refractivity contribution in [2.75, 3.05) is 0 Å². The summed E-state index contributed by atoms with van der Waals surface area (Å²) < 4.78 is 0. The van der Waals surface area contributed by atoms with Crippen LogP contribution < -0.4 is 0 Å². The third-order valence-electron chi connectivity index (χ3n) is 5.41. The number of Topliss-reactive ketones (excluding diaryl/α,β-unsaturated/α-hetero) is 2. The molecule has 1 rings (SSSR count). The lowest BCUT2D eigenvalue weighted by Gasteiger charge is -2.17. The van der Waals surface area contributed by atoms with Crippen LogP contribution in [0.5, 0.6) is 0 Å². The zero-order chi connectivity index (χ0) is 19.9. The maximum atomic E-state index is 12.0. The monoisotopic (exact) mass is 375 g/mol. The summed E-state index contributed by atoms with van der Waals surface area (Å²) in [6.45, 7) is 2.25. The molecule has 0 bridgehead atoms. The quantitative estimate of drug-likeness (QED) is 0.166. The van der Waals surface area contributed by atoms with Gasteiger partial charge in [-0.05, 0) is 6.42 Å². The van der Waals surface area contributed by atoms with Crippen molar-refractivity contribution in [1.82, 2.24) is 0 Å². The van der Waals surface area contributed by atoms with E-state index < -0.39 is 5.92 Å². The van der Waals surface area contributed by atoms with E-state index in [9.17, 15) is 14.7 Å². The second-order valence-electron chi connectivity index (χ2n) is 7.89. The number of allylic oxidation sites excluding steroid dienone is 2. The maximum absolute atomic E-state index is 12.0. The van der Waals surface area contributed by atoms with Crippen LogP contribution in [0.4, 0.5) is 0 Å². The highest BCUT2D eigenvalue weighted by molar-refractivity contribution is 6.22. The standard InChI is InChI=1S/C23H37NO3/c1-2-3-4-5-6-7-8-9-10-11-12-13-14-15-20(25)23-21(26)16-19(18-24)17-22(23)27/h19,25H,2-17H2,1H3. The first-order valence-electron chi connectivity index (χ1n) is 11.0. The van der Waals surface area contributed by atoms with Crippen molar-refractivity contribution in [3.63, 3.8) is 0 Å². The number of nitrogens with zero attached hydrogens (tertiary/aromatic N) is 1. The fourth-order valence-electron chi connectivity index (χ4n) is 3.73. The van der Waals surface area contributed by atoms with Gasteiger partial charge in [-0.1, -0.05) is 84.0 Å². The first kappa shape index (κ1) is 23.4. The van der Waals surface area contributed by atoms with E-state index in [0.717, 1.165) is 19.3 Å². The summed E-state index contributed by atoms with van der Waals surface area (Å²) in [7, 11) is 0. The Kier molecular flexibility index (Phi) is 12.5. The van der Waals surface area contributed by atoms with Gasteiger partial charge in [0, 0.05) is 19.3 Å². The smallest absolute Gasteiger partial charge is 0.171 e. The van der Waals surface area contributed by atoms with Gasteiger partial charge in [-0.2, -0.15) is 5.26 Å². The Morgan fingerprint density at radius 1 is 0.852 bits per heavy atom. The molecule has 0 heterocycles. The average Bonchev–Trinajstić information content (AvgIpc) is 2.64. The second-order valence-corrected chi connectivity index (χ2v) is 7.89. The fraction of sp³-hybridized carbons (Fsp3) is 0.783. The van der Waals surface area contributed by atoms with Gasteiger partial charge in [-0.3, -0.25) is 9.59 Å². The third-order valence-corrected chi connectivity index (χ3v) is 5.41. The molecule has 1 saturated carbocycles. The van der Waals surface area contributed by atoms with Gasteiger partial charge in [0.15, 0.2) is 11.6 Å². The van der Waals surface area contributed by atoms with Crippen molar-refractivity contribution in [2.45, 2.75) is 110 Å². The van der Waals surface area contributed by atoms with Crippen LogP contribution in [0.3, 0.4) is 0 Å². The summed E-state index contributed by atoms with van der Waals surface area (Å²) >= 11 is 0. The summed E-state index contributed by atoms with van der Waals surface area (Å²) in [5, 5.41) is 19.0. The third kappa shape index (κ3) is 9.75. The van der Waals surface area contributed by atoms with E-state index in [1.807, 2.05) is 6.07 Å². The number of ketones is 2. The summed E-state index contributed by atoms with van der Waals surface area (Å²) in [4.78, 5) is 23.9. The molecule has 0 saturated heterocycles. The van der Waals surface area contributed by atoms with Crippen LogP contribution in [0, 0.1) is 17.2 Å². The molecule has 4 heteroatoms. The number of aliphatic hydroxyl groups excluding tert-OH is 1. The Hall–Kier alpha value is -1.63. The van der Waals surface area contributed by atoms with Gasteiger partial charge in [0.1, 0.15) is 5.76 Å². The minimum absolute atomic E-state index is 0.0413. The van der Waals surface area contributed by atoms with Crippen LogP contribution in [0.25, 0.3) is 0 Å². The van der Waals surface area contributed by atoms with E-state index in [1.54, 1.807) is 0 Å². The highest BCUT2D eigenvalue weighted by Gasteiger charge is 2.32. The number of carbonyl (C=O) groups excluding carboxylic acids is 2. The van der Waals surface area contributed by atoms with Gasteiger partial charge in [-0.15, -0.1) is 0 Å². The van der Waals surface area contributed by atoms with Gasteiger partial charge >= 0.3 is 0 Å². The Bertz CT molecular complexity index is 510. The topological polar surface area (TPSA) is 78.2 Å². The molecule has 0 spiro atoms. The minimum Gasteiger partial charge on any atom is -0.511 e. The van der Waals surface area contributed by atoms with Crippen molar-refractivity contribution < 1.29 is 14.7 Å².